The second kappa shape index (κ2) is 16.0. The second-order valence-corrected chi connectivity index (χ2v) is 9.20. The van der Waals surface area contributed by atoms with Crippen molar-refractivity contribution in [3.05, 3.63) is 0 Å². The standard InChI is InChI=1S/C22H42O2S/c1-3-4-5-6-11-14-17-20-21(25-20)18-15-12-9-7-8-10-13-16-19-22(23)24-2/h20-21H,3-19H2,1-2H3. The first kappa shape index (κ1) is 22.9. The number of hydrogen-bond acceptors (Lipinski definition) is 3. The second-order valence-electron chi connectivity index (χ2n) is 7.71. The van der Waals surface area contributed by atoms with Gasteiger partial charge in [0.15, 0.2) is 0 Å². The molecule has 2 nitrogen and oxygen atoms in total. The summed E-state index contributed by atoms with van der Waals surface area (Å²) in [5.41, 5.74) is 0. The Balaban J connectivity index is 1.73. The molecule has 1 saturated heterocycles. The molecule has 0 aromatic carbocycles. The Morgan fingerprint density at radius 2 is 1.16 bits per heavy atom. The summed E-state index contributed by atoms with van der Waals surface area (Å²) in [4.78, 5) is 11.0. The van der Waals surface area contributed by atoms with Gasteiger partial charge in [0.05, 0.1) is 7.11 Å². The number of carbonyl (C=O) groups excluding carboxylic acids is 1. The molecule has 148 valence electrons. The number of hydrogen-bond donors (Lipinski definition) is 0. The van der Waals surface area contributed by atoms with Gasteiger partial charge in [-0.2, -0.15) is 11.8 Å². The molecule has 1 aliphatic rings. The minimum absolute atomic E-state index is 0.0623. The van der Waals surface area contributed by atoms with Crippen LogP contribution in [0.1, 0.15) is 116 Å². The van der Waals surface area contributed by atoms with Crippen LogP contribution in [0.4, 0.5) is 0 Å². The molecule has 0 spiro atoms. The minimum Gasteiger partial charge on any atom is -0.469 e. The molecule has 0 amide bonds. The third kappa shape index (κ3) is 13.7. The Kier molecular flexibility index (Phi) is 14.7. The lowest BCUT2D eigenvalue weighted by Gasteiger charge is -2.03. The van der Waals surface area contributed by atoms with E-state index in [-0.39, 0.29) is 5.97 Å². The van der Waals surface area contributed by atoms with Crippen LogP contribution in [0.25, 0.3) is 0 Å². The van der Waals surface area contributed by atoms with E-state index in [2.05, 4.69) is 23.4 Å². The van der Waals surface area contributed by atoms with Crippen molar-refractivity contribution in [2.24, 2.45) is 0 Å². The topological polar surface area (TPSA) is 26.3 Å². The van der Waals surface area contributed by atoms with Gasteiger partial charge < -0.3 is 4.74 Å². The van der Waals surface area contributed by atoms with E-state index in [0.717, 1.165) is 16.9 Å². The van der Waals surface area contributed by atoms with E-state index < -0.39 is 0 Å². The van der Waals surface area contributed by atoms with Gasteiger partial charge in [0, 0.05) is 16.9 Å². The summed E-state index contributed by atoms with van der Waals surface area (Å²) in [5.74, 6) is -0.0623. The van der Waals surface area contributed by atoms with Gasteiger partial charge in [-0.25, -0.2) is 0 Å². The van der Waals surface area contributed by atoms with Crippen LogP contribution < -0.4 is 0 Å². The molecule has 0 saturated carbocycles. The van der Waals surface area contributed by atoms with Crippen LogP contribution in [-0.4, -0.2) is 23.6 Å². The molecular formula is C22H42O2S. The van der Waals surface area contributed by atoms with Crippen molar-refractivity contribution in [1.82, 2.24) is 0 Å². The summed E-state index contributed by atoms with van der Waals surface area (Å²) in [6.07, 6.45) is 22.6. The average molecular weight is 371 g/mol. The Morgan fingerprint density at radius 3 is 1.64 bits per heavy atom. The highest BCUT2D eigenvalue weighted by Crippen LogP contribution is 2.47. The highest BCUT2D eigenvalue weighted by Gasteiger charge is 2.36. The van der Waals surface area contributed by atoms with Gasteiger partial charge in [-0.05, 0) is 19.3 Å². The van der Waals surface area contributed by atoms with Crippen molar-refractivity contribution >= 4 is 17.7 Å². The van der Waals surface area contributed by atoms with Crippen molar-refractivity contribution in [3.63, 3.8) is 0 Å². The predicted molar refractivity (Wildman–Crippen MR) is 111 cm³/mol. The molecule has 0 aliphatic carbocycles. The molecule has 0 aromatic rings. The van der Waals surface area contributed by atoms with E-state index in [0.29, 0.717) is 6.42 Å². The van der Waals surface area contributed by atoms with Gasteiger partial charge in [-0.1, -0.05) is 90.4 Å². The minimum atomic E-state index is -0.0623. The predicted octanol–water partition coefficient (Wildman–Crippen LogP) is 7.30. The normalized spacial score (nSPS) is 19.1. The molecule has 0 aromatic heterocycles. The van der Waals surface area contributed by atoms with Crippen LogP contribution in [0, 0.1) is 0 Å². The van der Waals surface area contributed by atoms with E-state index >= 15 is 0 Å². The molecule has 2 atom stereocenters. The fraction of sp³-hybridized carbons (Fsp3) is 0.955. The van der Waals surface area contributed by atoms with Gasteiger partial charge in [-0.3, -0.25) is 4.79 Å². The summed E-state index contributed by atoms with van der Waals surface area (Å²) in [7, 11) is 1.47. The Labute approximate surface area is 161 Å². The number of carbonyl (C=O) groups is 1. The van der Waals surface area contributed by atoms with E-state index in [1.165, 1.54) is 103 Å². The SMILES string of the molecule is CCCCCCCCC1SC1CCCCCCCCCCC(=O)OC. The van der Waals surface area contributed by atoms with Crippen LogP contribution in [0.2, 0.25) is 0 Å². The average Bonchev–Trinajstić information content (AvgIpc) is 3.37. The summed E-state index contributed by atoms with van der Waals surface area (Å²) < 4.78 is 4.65. The number of esters is 1. The first-order valence-corrected chi connectivity index (χ1v) is 11.9. The maximum atomic E-state index is 11.0. The zero-order chi connectivity index (χ0) is 18.2. The molecule has 3 heteroatoms. The van der Waals surface area contributed by atoms with Crippen molar-refractivity contribution in [1.29, 1.82) is 0 Å². The van der Waals surface area contributed by atoms with Crippen LogP contribution in [0.15, 0.2) is 0 Å². The molecule has 0 N–H and O–H groups in total. The number of unbranched alkanes of at least 4 members (excludes halogenated alkanes) is 12. The molecule has 1 aliphatic heterocycles. The van der Waals surface area contributed by atoms with E-state index in [4.69, 9.17) is 0 Å². The van der Waals surface area contributed by atoms with Gasteiger partial charge >= 0.3 is 5.97 Å². The molecule has 25 heavy (non-hydrogen) atoms. The Bertz CT molecular complexity index is 319. The summed E-state index contributed by atoms with van der Waals surface area (Å²) in [5, 5.41) is 2.02. The summed E-state index contributed by atoms with van der Waals surface area (Å²) in [6.45, 7) is 2.29. The lowest BCUT2D eigenvalue weighted by atomic mass is 10.0. The molecule has 1 heterocycles. The monoisotopic (exact) mass is 370 g/mol. The maximum absolute atomic E-state index is 11.0. The third-order valence-electron chi connectivity index (χ3n) is 5.38. The molecule has 2 unspecified atom stereocenters. The van der Waals surface area contributed by atoms with Crippen LogP contribution in [0.5, 0.6) is 0 Å². The van der Waals surface area contributed by atoms with Gasteiger partial charge in [-0.15, -0.1) is 0 Å². The zero-order valence-corrected chi connectivity index (χ0v) is 17.7. The van der Waals surface area contributed by atoms with E-state index in [1.807, 2.05) is 0 Å². The zero-order valence-electron chi connectivity index (χ0n) is 16.9. The highest BCUT2D eigenvalue weighted by atomic mass is 32.2. The van der Waals surface area contributed by atoms with Gasteiger partial charge in [0.1, 0.15) is 0 Å². The van der Waals surface area contributed by atoms with Crippen LogP contribution in [0.3, 0.4) is 0 Å². The quantitative estimate of drug-likeness (QED) is 0.144. The number of rotatable bonds is 18. The number of methoxy groups -OCH3 is 1. The first-order valence-electron chi connectivity index (χ1n) is 11.0. The smallest absolute Gasteiger partial charge is 0.305 e. The molecule has 1 rings (SSSR count). The number of thioether (sulfide) groups is 1. The summed E-state index contributed by atoms with van der Waals surface area (Å²) >= 11 is 2.25. The Morgan fingerprint density at radius 1 is 0.720 bits per heavy atom. The highest BCUT2D eigenvalue weighted by molar-refractivity contribution is 8.07. The van der Waals surface area contributed by atoms with E-state index in [9.17, 15) is 4.79 Å². The first-order chi connectivity index (χ1) is 12.3. The van der Waals surface area contributed by atoms with Crippen molar-refractivity contribution < 1.29 is 9.53 Å². The van der Waals surface area contributed by atoms with Crippen molar-refractivity contribution in [2.75, 3.05) is 7.11 Å². The Hall–Kier alpha value is -0.180. The molecule has 0 bridgehead atoms. The lowest BCUT2D eigenvalue weighted by Crippen LogP contribution is -1.99. The summed E-state index contributed by atoms with van der Waals surface area (Å²) in [6, 6.07) is 0. The molecule has 0 radical (unpaired) electrons. The van der Waals surface area contributed by atoms with Crippen LogP contribution in [-0.2, 0) is 9.53 Å². The number of ether oxygens (including phenoxy) is 1. The van der Waals surface area contributed by atoms with Crippen molar-refractivity contribution in [3.8, 4) is 0 Å². The fourth-order valence-electron chi connectivity index (χ4n) is 3.59. The largest absolute Gasteiger partial charge is 0.469 e. The maximum Gasteiger partial charge on any atom is 0.305 e. The molecule has 1 fully saturated rings. The molecular weight excluding hydrogens is 328 g/mol. The third-order valence-corrected chi connectivity index (χ3v) is 6.89. The van der Waals surface area contributed by atoms with Gasteiger partial charge in [0.2, 0.25) is 0 Å². The van der Waals surface area contributed by atoms with Crippen LogP contribution >= 0.6 is 11.8 Å². The van der Waals surface area contributed by atoms with Gasteiger partial charge in [0.25, 0.3) is 0 Å². The van der Waals surface area contributed by atoms with E-state index in [1.54, 1.807) is 0 Å². The van der Waals surface area contributed by atoms with Crippen molar-refractivity contribution in [2.45, 2.75) is 127 Å². The lowest BCUT2D eigenvalue weighted by molar-refractivity contribution is -0.140. The fourth-order valence-corrected chi connectivity index (χ4v) is 4.83.